The second-order valence-corrected chi connectivity index (χ2v) is 6.96. The molecular weight excluding hydrogens is 310 g/mol. The summed E-state index contributed by atoms with van der Waals surface area (Å²) < 4.78 is 5.46. The summed E-state index contributed by atoms with van der Waals surface area (Å²) in [5.41, 5.74) is 4.03. The SMILES string of the molecule is COc1cc(C)c(C(=O)N[C@H](C)CCc2ccccc2)cc1C(C)C. The van der Waals surface area contributed by atoms with Gasteiger partial charge in [-0.3, -0.25) is 4.79 Å². The number of carbonyl (C=O) groups is 1. The predicted molar refractivity (Wildman–Crippen MR) is 104 cm³/mol. The zero-order chi connectivity index (χ0) is 18.4. The van der Waals surface area contributed by atoms with Gasteiger partial charge in [-0.05, 0) is 61.4 Å². The van der Waals surface area contributed by atoms with Gasteiger partial charge in [-0.1, -0.05) is 44.2 Å². The third-order valence-electron chi connectivity index (χ3n) is 4.53. The molecule has 2 rings (SSSR count). The van der Waals surface area contributed by atoms with Crippen LogP contribution in [0.15, 0.2) is 42.5 Å². The predicted octanol–water partition coefficient (Wildman–Crippen LogP) is 4.88. The van der Waals surface area contributed by atoms with Gasteiger partial charge in [-0.15, -0.1) is 0 Å². The van der Waals surface area contributed by atoms with Gasteiger partial charge in [0.05, 0.1) is 7.11 Å². The minimum absolute atomic E-state index is 0.0115. The van der Waals surface area contributed by atoms with Crippen LogP contribution in [0.2, 0.25) is 0 Å². The quantitative estimate of drug-likeness (QED) is 0.781. The molecule has 25 heavy (non-hydrogen) atoms. The first-order chi connectivity index (χ1) is 11.9. The van der Waals surface area contributed by atoms with Gasteiger partial charge in [-0.25, -0.2) is 0 Å². The van der Waals surface area contributed by atoms with Crippen LogP contribution in [0.3, 0.4) is 0 Å². The molecular formula is C22H29NO2. The van der Waals surface area contributed by atoms with Gasteiger partial charge in [-0.2, -0.15) is 0 Å². The molecule has 0 aliphatic carbocycles. The number of rotatable bonds is 7. The standard InChI is InChI=1S/C22H29NO2/c1-15(2)19-14-20(16(3)13-21(19)25-5)22(24)23-17(4)11-12-18-9-7-6-8-10-18/h6-10,13-15,17H,11-12H2,1-5H3,(H,23,24)/t17-/m1/s1. The Balaban J connectivity index is 2.05. The maximum absolute atomic E-state index is 12.7. The molecule has 0 aliphatic rings. The van der Waals surface area contributed by atoms with Crippen LogP contribution in [0.5, 0.6) is 5.75 Å². The summed E-state index contributed by atoms with van der Waals surface area (Å²) in [7, 11) is 1.67. The van der Waals surface area contributed by atoms with Crippen molar-refractivity contribution in [3.8, 4) is 5.75 Å². The van der Waals surface area contributed by atoms with E-state index in [4.69, 9.17) is 4.74 Å². The van der Waals surface area contributed by atoms with E-state index in [0.29, 0.717) is 5.92 Å². The Kier molecular flexibility index (Phi) is 6.63. The molecule has 0 bridgehead atoms. The molecule has 0 fully saturated rings. The van der Waals surface area contributed by atoms with Crippen LogP contribution in [-0.4, -0.2) is 19.1 Å². The lowest BCUT2D eigenvalue weighted by molar-refractivity contribution is 0.0937. The fraction of sp³-hybridized carbons (Fsp3) is 0.409. The highest BCUT2D eigenvalue weighted by Crippen LogP contribution is 2.29. The summed E-state index contributed by atoms with van der Waals surface area (Å²) in [4.78, 5) is 12.7. The van der Waals surface area contributed by atoms with Gasteiger partial charge >= 0.3 is 0 Å². The van der Waals surface area contributed by atoms with E-state index < -0.39 is 0 Å². The molecule has 0 aliphatic heterocycles. The van der Waals surface area contributed by atoms with Crippen molar-refractivity contribution in [1.82, 2.24) is 5.32 Å². The van der Waals surface area contributed by atoms with Crippen molar-refractivity contribution in [2.45, 2.75) is 52.5 Å². The fourth-order valence-corrected chi connectivity index (χ4v) is 2.97. The Hall–Kier alpha value is -2.29. The number of ether oxygens (including phenoxy) is 1. The van der Waals surface area contributed by atoms with Crippen molar-refractivity contribution < 1.29 is 9.53 Å². The third-order valence-corrected chi connectivity index (χ3v) is 4.53. The van der Waals surface area contributed by atoms with Crippen molar-refractivity contribution in [3.05, 3.63) is 64.7 Å². The molecule has 1 amide bonds. The molecule has 3 heteroatoms. The molecule has 0 saturated carbocycles. The van der Waals surface area contributed by atoms with Gasteiger partial charge in [0.1, 0.15) is 5.75 Å². The summed E-state index contributed by atoms with van der Waals surface area (Å²) >= 11 is 0. The topological polar surface area (TPSA) is 38.3 Å². The lowest BCUT2D eigenvalue weighted by Crippen LogP contribution is -2.33. The monoisotopic (exact) mass is 339 g/mol. The van der Waals surface area contributed by atoms with Crippen LogP contribution in [0.4, 0.5) is 0 Å². The van der Waals surface area contributed by atoms with E-state index in [9.17, 15) is 4.79 Å². The van der Waals surface area contributed by atoms with Crippen LogP contribution >= 0.6 is 0 Å². The first-order valence-electron chi connectivity index (χ1n) is 8.95. The van der Waals surface area contributed by atoms with Gasteiger partial charge in [0, 0.05) is 11.6 Å². The third kappa shape index (κ3) is 5.09. The summed E-state index contributed by atoms with van der Waals surface area (Å²) in [6.07, 6.45) is 1.88. The summed E-state index contributed by atoms with van der Waals surface area (Å²) in [6, 6.07) is 14.4. The molecule has 0 heterocycles. The smallest absolute Gasteiger partial charge is 0.251 e. The average Bonchev–Trinajstić information content (AvgIpc) is 2.60. The summed E-state index contributed by atoms with van der Waals surface area (Å²) in [5, 5.41) is 3.13. The van der Waals surface area contributed by atoms with Crippen molar-refractivity contribution >= 4 is 5.91 Å². The molecule has 0 saturated heterocycles. The Labute approximate surface area is 151 Å². The fourth-order valence-electron chi connectivity index (χ4n) is 2.97. The zero-order valence-electron chi connectivity index (χ0n) is 15.9. The largest absolute Gasteiger partial charge is 0.496 e. The number of amides is 1. The van der Waals surface area contributed by atoms with Crippen molar-refractivity contribution in [2.24, 2.45) is 0 Å². The highest BCUT2D eigenvalue weighted by atomic mass is 16.5. The molecule has 2 aromatic carbocycles. The van der Waals surface area contributed by atoms with E-state index in [-0.39, 0.29) is 11.9 Å². The first kappa shape index (κ1) is 19.0. The van der Waals surface area contributed by atoms with Crippen molar-refractivity contribution in [1.29, 1.82) is 0 Å². The Bertz CT molecular complexity index is 707. The van der Waals surface area contributed by atoms with E-state index in [0.717, 1.165) is 35.3 Å². The normalized spacial score (nSPS) is 12.1. The molecule has 2 aromatic rings. The Morgan fingerprint density at radius 1 is 1.12 bits per heavy atom. The molecule has 0 aromatic heterocycles. The molecule has 3 nitrogen and oxygen atoms in total. The Morgan fingerprint density at radius 2 is 1.80 bits per heavy atom. The lowest BCUT2D eigenvalue weighted by atomic mass is 9.96. The van der Waals surface area contributed by atoms with Crippen LogP contribution in [-0.2, 0) is 6.42 Å². The second kappa shape index (κ2) is 8.70. The van der Waals surface area contributed by atoms with Crippen LogP contribution in [0.25, 0.3) is 0 Å². The summed E-state index contributed by atoms with van der Waals surface area (Å²) in [5.74, 6) is 1.14. The van der Waals surface area contributed by atoms with E-state index in [1.807, 2.05) is 37.3 Å². The molecule has 0 unspecified atom stereocenters. The first-order valence-corrected chi connectivity index (χ1v) is 8.95. The highest BCUT2D eigenvalue weighted by molar-refractivity contribution is 5.96. The number of methoxy groups -OCH3 is 1. The number of hydrogen-bond acceptors (Lipinski definition) is 2. The molecule has 134 valence electrons. The second-order valence-electron chi connectivity index (χ2n) is 6.96. The maximum atomic E-state index is 12.7. The van der Waals surface area contributed by atoms with Gasteiger partial charge in [0.15, 0.2) is 0 Å². The van der Waals surface area contributed by atoms with E-state index in [2.05, 4.69) is 38.2 Å². The average molecular weight is 339 g/mol. The molecule has 1 atom stereocenters. The van der Waals surface area contributed by atoms with Crippen LogP contribution < -0.4 is 10.1 Å². The van der Waals surface area contributed by atoms with E-state index in [1.165, 1.54) is 5.56 Å². The van der Waals surface area contributed by atoms with E-state index in [1.54, 1.807) is 7.11 Å². The number of nitrogens with one attached hydrogen (secondary N) is 1. The molecule has 0 radical (unpaired) electrons. The Morgan fingerprint density at radius 3 is 2.40 bits per heavy atom. The highest BCUT2D eigenvalue weighted by Gasteiger charge is 2.17. The van der Waals surface area contributed by atoms with Crippen LogP contribution in [0, 0.1) is 6.92 Å². The van der Waals surface area contributed by atoms with Crippen molar-refractivity contribution in [3.63, 3.8) is 0 Å². The zero-order valence-corrected chi connectivity index (χ0v) is 15.9. The maximum Gasteiger partial charge on any atom is 0.251 e. The van der Waals surface area contributed by atoms with Gasteiger partial charge in [0.25, 0.3) is 5.91 Å². The lowest BCUT2D eigenvalue weighted by Gasteiger charge is -2.18. The number of benzene rings is 2. The molecule has 1 N–H and O–H groups in total. The number of aryl methyl sites for hydroxylation is 2. The van der Waals surface area contributed by atoms with Crippen molar-refractivity contribution in [2.75, 3.05) is 7.11 Å². The minimum atomic E-state index is -0.0115. The molecule has 0 spiro atoms. The minimum Gasteiger partial charge on any atom is -0.496 e. The number of carbonyl (C=O) groups excluding carboxylic acids is 1. The van der Waals surface area contributed by atoms with Gasteiger partial charge in [0.2, 0.25) is 0 Å². The van der Waals surface area contributed by atoms with Crippen LogP contribution in [0.1, 0.15) is 60.2 Å². The van der Waals surface area contributed by atoms with Gasteiger partial charge < -0.3 is 10.1 Å². The number of hydrogen-bond donors (Lipinski definition) is 1. The van der Waals surface area contributed by atoms with E-state index >= 15 is 0 Å². The summed E-state index contributed by atoms with van der Waals surface area (Å²) in [6.45, 7) is 8.23.